The summed E-state index contributed by atoms with van der Waals surface area (Å²) >= 11 is 12.0. The van der Waals surface area contributed by atoms with E-state index in [1.165, 1.54) is 0 Å². The average molecular weight is 438 g/mol. The van der Waals surface area contributed by atoms with Gasteiger partial charge in [0.1, 0.15) is 12.4 Å². The zero-order valence-electron chi connectivity index (χ0n) is 16.3. The molecule has 7 heteroatoms. The van der Waals surface area contributed by atoms with Gasteiger partial charge in [0.25, 0.3) is 0 Å². The van der Waals surface area contributed by atoms with Crippen LogP contribution in [-0.4, -0.2) is 40.3 Å². The molecule has 2 N–H and O–H groups in total. The molecule has 1 aliphatic rings. The van der Waals surface area contributed by atoms with Crippen LogP contribution in [-0.2, 0) is 24.4 Å². The summed E-state index contributed by atoms with van der Waals surface area (Å²) in [6, 6.07) is 11.3. The topological polar surface area (TPSA) is 70.0 Å². The first-order chi connectivity index (χ1) is 13.9. The molecule has 2 aromatic rings. The minimum Gasteiger partial charge on any atom is -0.489 e. The van der Waals surface area contributed by atoms with Gasteiger partial charge < -0.3 is 14.9 Å². The van der Waals surface area contributed by atoms with Crippen molar-refractivity contribution in [1.29, 1.82) is 0 Å². The van der Waals surface area contributed by atoms with Crippen molar-refractivity contribution in [3.05, 3.63) is 63.1 Å². The lowest BCUT2D eigenvalue weighted by atomic mass is 9.98. The van der Waals surface area contributed by atoms with Gasteiger partial charge in [-0.2, -0.15) is 0 Å². The van der Waals surface area contributed by atoms with Gasteiger partial charge in [-0.25, -0.2) is 0 Å². The lowest BCUT2D eigenvalue weighted by Gasteiger charge is -2.36. The van der Waals surface area contributed by atoms with Crippen molar-refractivity contribution in [2.24, 2.45) is 5.92 Å². The molecule has 0 aromatic heterocycles. The molecule has 1 fully saturated rings. The lowest BCUT2D eigenvalue weighted by Crippen LogP contribution is -2.49. The van der Waals surface area contributed by atoms with Crippen molar-refractivity contribution < 1.29 is 19.7 Å². The van der Waals surface area contributed by atoms with Crippen LogP contribution in [0.2, 0.25) is 10.0 Å². The lowest BCUT2D eigenvalue weighted by molar-refractivity contribution is -0.147. The number of rotatable bonds is 9. The Labute approximate surface area is 180 Å². The second-order valence-corrected chi connectivity index (χ2v) is 8.29. The molecule has 1 unspecified atom stereocenters. The van der Waals surface area contributed by atoms with Crippen LogP contribution in [0.25, 0.3) is 0 Å². The normalized spacial score (nSPS) is 15.7. The third kappa shape index (κ3) is 5.86. The Kier molecular flexibility index (Phi) is 7.41. The molecule has 0 bridgehead atoms. The first-order valence-corrected chi connectivity index (χ1v) is 10.4. The number of carboxylic acid groups (broad SMARTS) is 1. The summed E-state index contributed by atoms with van der Waals surface area (Å²) in [6.07, 6.45) is 0.708. The van der Waals surface area contributed by atoms with Gasteiger partial charge in [0.15, 0.2) is 0 Å². The molecular weight excluding hydrogens is 413 g/mol. The Morgan fingerprint density at radius 3 is 2.55 bits per heavy atom. The zero-order valence-corrected chi connectivity index (χ0v) is 17.8. The maximum atomic E-state index is 11.0. The van der Waals surface area contributed by atoms with E-state index in [4.69, 9.17) is 33.0 Å². The number of nitrogens with zero attached hydrogens (tertiary/aromatic N) is 1. The molecule has 5 nitrogen and oxygen atoms in total. The number of aliphatic hydroxyl groups is 1. The quantitative estimate of drug-likeness (QED) is 0.607. The van der Waals surface area contributed by atoms with E-state index in [1.54, 1.807) is 12.1 Å². The number of benzene rings is 2. The predicted octanol–water partition coefficient (Wildman–Crippen LogP) is 4.40. The third-order valence-electron chi connectivity index (χ3n) is 5.14. The smallest absolute Gasteiger partial charge is 0.309 e. The monoisotopic (exact) mass is 437 g/mol. The highest BCUT2D eigenvalue weighted by Crippen LogP contribution is 2.27. The number of hydrogen-bond donors (Lipinski definition) is 2. The van der Waals surface area contributed by atoms with E-state index in [1.807, 2.05) is 31.2 Å². The van der Waals surface area contributed by atoms with Gasteiger partial charge in [0.2, 0.25) is 0 Å². The number of aliphatic carboxylic acids is 1. The molecule has 0 spiro atoms. The first-order valence-electron chi connectivity index (χ1n) is 9.67. The van der Waals surface area contributed by atoms with Crippen molar-refractivity contribution >= 4 is 29.2 Å². The largest absolute Gasteiger partial charge is 0.489 e. The fourth-order valence-corrected chi connectivity index (χ4v) is 3.65. The molecule has 0 aliphatic carbocycles. The summed E-state index contributed by atoms with van der Waals surface area (Å²) < 4.78 is 6.01. The van der Waals surface area contributed by atoms with Crippen LogP contribution in [0, 0.1) is 5.92 Å². The Bertz CT molecular complexity index is 868. The average Bonchev–Trinajstić information content (AvgIpc) is 2.65. The molecular formula is C22H25Cl2NO4. The van der Waals surface area contributed by atoms with E-state index < -0.39 is 12.1 Å². The summed E-state index contributed by atoms with van der Waals surface area (Å²) in [7, 11) is 0. The molecule has 1 heterocycles. The number of carbonyl (C=O) groups is 1. The number of hydrogen-bond acceptors (Lipinski definition) is 4. The third-order valence-corrected chi connectivity index (χ3v) is 5.88. The number of aliphatic hydroxyl groups excluding tert-OH is 1. The molecule has 0 radical (unpaired) electrons. The second-order valence-electron chi connectivity index (χ2n) is 7.47. The summed E-state index contributed by atoms with van der Waals surface area (Å²) in [5.41, 5.74) is 2.92. The highest BCUT2D eigenvalue weighted by atomic mass is 35.5. The predicted molar refractivity (Wildman–Crippen MR) is 114 cm³/mol. The van der Waals surface area contributed by atoms with Gasteiger partial charge in [-0.05, 0) is 41.3 Å². The second kappa shape index (κ2) is 9.81. The van der Waals surface area contributed by atoms with Crippen molar-refractivity contribution in [2.75, 3.05) is 13.1 Å². The maximum Gasteiger partial charge on any atom is 0.309 e. The standard InChI is InChI=1S/C22H25Cl2NO4/c1-2-18(26)9-16-7-14(10-25-11-17(12-25)22(27)28)4-6-21(16)29-13-15-3-5-19(23)20(24)8-15/h3-8,17-18,26H,2,9-13H2,1H3,(H,27,28). The molecule has 0 saturated carbocycles. The Morgan fingerprint density at radius 2 is 1.90 bits per heavy atom. The van der Waals surface area contributed by atoms with E-state index in [-0.39, 0.29) is 5.92 Å². The fraction of sp³-hybridized carbons (Fsp3) is 0.409. The molecule has 1 aliphatic heterocycles. The van der Waals surface area contributed by atoms with Crippen LogP contribution < -0.4 is 4.74 Å². The minimum absolute atomic E-state index is 0.273. The Hall–Kier alpha value is -1.79. The molecule has 29 heavy (non-hydrogen) atoms. The minimum atomic E-state index is -0.737. The summed E-state index contributed by atoms with van der Waals surface area (Å²) in [5, 5.41) is 20.2. The Balaban J connectivity index is 1.69. The Morgan fingerprint density at radius 1 is 1.17 bits per heavy atom. The SMILES string of the molecule is CCC(O)Cc1cc(CN2CC(C(=O)O)C2)ccc1OCc1ccc(Cl)c(Cl)c1. The highest BCUT2D eigenvalue weighted by molar-refractivity contribution is 6.42. The number of carboxylic acids is 1. The maximum absolute atomic E-state index is 11.0. The van der Waals surface area contributed by atoms with Gasteiger partial charge in [-0.15, -0.1) is 0 Å². The summed E-state index contributed by atoms with van der Waals surface area (Å²) in [5.74, 6) is -0.288. The number of halogens is 2. The van der Waals surface area contributed by atoms with E-state index in [9.17, 15) is 9.90 Å². The molecule has 156 valence electrons. The van der Waals surface area contributed by atoms with Gasteiger partial charge >= 0.3 is 5.97 Å². The van der Waals surface area contributed by atoms with Crippen LogP contribution in [0.3, 0.4) is 0 Å². The van der Waals surface area contributed by atoms with Crippen molar-refractivity contribution in [2.45, 2.75) is 39.0 Å². The van der Waals surface area contributed by atoms with Crippen LogP contribution in [0.4, 0.5) is 0 Å². The number of likely N-dealkylation sites (tertiary alicyclic amines) is 1. The summed E-state index contributed by atoms with van der Waals surface area (Å²) in [6.45, 7) is 4.11. The van der Waals surface area contributed by atoms with E-state index in [0.717, 1.165) is 22.4 Å². The van der Waals surface area contributed by atoms with Crippen molar-refractivity contribution in [3.8, 4) is 5.75 Å². The highest BCUT2D eigenvalue weighted by Gasteiger charge is 2.32. The molecule has 2 aromatic carbocycles. The fourth-order valence-electron chi connectivity index (χ4n) is 3.33. The van der Waals surface area contributed by atoms with E-state index in [0.29, 0.717) is 49.1 Å². The van der Waals surface area contributed by atoms with Crippen LogP contribution in [0.1, 0.15) is 30.0 Å². The van der Waals surface area contributed by atoms with Gasteiger partial charge in [0.05, 0.1) is 22.1 Å². The van der Waals surface area contributed by atoms with Crippen LogP contribution >= 0.6 is 23.2 Å². The van der Waals surface area contributed by atoms with Gasteiger partial charge in [-0.1, -0.05) is 48.3 Å². The first kappa shape index (κ1) is 21.9. The zero-order chi connectivity index (χ0) is 21.0. The van der Waals surface area contributed by atoms with Crippen LogP contribution in [0.15, 0.2) is 36.4 Å². The number of ether oxygens (including phenoxy) is 1. The van der Waals surface area contributed by atoms with Crippen molar-refractivity contribution in [3.63, 3.8) is 0 Å². The van der Waals surface area contributed by atoms with Crippen molar-refractivity contribution in [1.82, 2.24) is 4.90 Å². The van der Waals surface area contributed by atoms with E-state index >= 15 is 0 Å². The molecule has 0 amide bonds. The van der Waals surface area contributed by atoms with Gasteiger partial charge in [0, 0.05) is 26.1 Å². The summed E-state index contributed by atoms with van der Waals surface area (Å²) in [4.78, 5) is 13.1. The van der Waals surface area contributed by atoms with Crippen LogP contribution in [0.5, 0.6) is 5.75 Å². The van der Waals surface area contributed by atoms with E-state index in [2.05, 4.69) is 4.90 Å². The molecule has 3 rings (SSSR count). The van der Waals surface area contributed by atoms with Gasteiger partial charge in [-0.3, -0.25) is 9.69 Å². The molecule has 1 atom stereocenters. The molecule has 1 saturated heterocycles.